The Morgan fingerprint density at radius 1 is 0.750 bits per heavy atom. The fraction of sp³-hybridized carbons (Fsp3) is 0.667. The van der Waals surface area contributed by atoms with Gasteiger partial charge >= 0.3 is 0 Å². The third-order valence-electron chi connectivity index (χ3n) is 3.78. The third-order valence-corrected chi connectivity index (χ3v) is 3.78. The number of nitrogens with zero attached hydrogens (tertiary/aromatic N) is 1. The summed E-state index contributed by atoms with van der Waals surface area (Å²) in [7, 11) is 0. The maximum absolute atomic E-state index is 9.88. The van der Waals surface area contributed by atoms with Crippen LogP contribution in [0.5, 0.6) is 0 Å². The van der Waals surface area contributed by atoms with Crippen molar-refractivity contribution in [1.82, 2.24) is 0 Å². The van der Waals surface area contributed by atoms with E-state index < -0.39 is 0 Å². The predicted molar refractivity (Wildman–Crippen MR) is 87.4 cm³/mol. The quantitative estimate of drug-likeness (QED) is 0.385. The molecule has 114 valence electrons. The maximum atomic E-state index is 9.88. The number of benzene rings is 1. The maximum Gasteiger partial charge on any atom is 0.0634 e. The molecule has 0 spiro atoms. The van der Waals surface area contributed by atoms with Crippen molar-refractivity contribution in [2.75, 3.05) is 11.6 Å². The Balaban J connectivity index is 1.90. The molecule has 0 unspecified atom stereocenters. The van der Waals surface area contributed by atoms with Gasteiger partial charge in [0.1, 0.15) is 0 Å². The Morgan fingerprint density at radius 2 is 1.25 bits per heavy atom. The Labute approximate surface area is 124 Å². The Hall–Kier alpha value is -1.02. The molecule has 1 aromatic rings. The van der Waals surface area contributed by atoms with Crippen LogP contribution in [-0.2, 0) is 0 Å². The molecule has 0 radical (unpaired) electrons. The van der Waals surface area contributed by atoms with E-state index >= 15 is 0 Å². The van der Waals surface area contributed by atoms with Crippen molar-refractivity contribution >= 4 is 5.69 Å². The Kier molecular flexibility index (Phi) is 10.0. The molecule has 0 bridgehead atoms. The van der Waals surface area contributed by atoms with Gasteiger partial charge in [0.25, 0.3) is 0 Å². The van der Waals surface area contributed by atoms with Crippen molar-refractivity contribution in [1.29, 1.82) is 0 Å². The molecule has 1 rings (SSSR count). The molecule has 0 heterocycles. The fourth-order valence-corrected chi connectivity index (χ4v) is 2.48. The highest BCUT2D eigenvalue weighted by Gasteiger charge is 2.01. The summed E-state index contributed by atoms with van der Waals surface area (Å²) in [6.45, 7) is 3.00. The number of para-hydroxylation sites is 1. The summed E-state index contributed by atoms with van der Waals surface area (Å²) in [5.41, 5.74) is 0.892. The molecule has 0 saturated heterocycles. The van der Waals surface area contributed by atoms with Crippen LogP contribution in [0.2, 0.25) is 0 Å². The van der Waals surface area contributed by atoms with E-state index in [9.17, 15) is 5.21 Å². The van der Waals surface area contributed by atoms with E-state index in [-0.39, 0.29) is 0 Å². The van der Waals surface area contributed by atoms with Gasteiger partial charge in [0, 0.05) is 6.54 Å². The molecule has 0 atom stereocenters. The van der Waals surface area contributed by atoms with Gasteiger partial charge in [-0.2, -0.15) is 0 Å². The minimum absolute atomic E-state index is 0.737. The molecule has 1 N–H and O–H groups in total. The summed E-state index contributed by atoms with van der Waals surface area (Å²) >= 11 is 0. The largest absolute Gasteiger partial charge is 0.288 e. The first-order valence-electron chi connectivity index (χ1n) is 8.36. The molecule has 0 aliphatic carbocycles. The number of anilines is 1. The van der Waals surface area contributed by atoms with Crippen molar-refractivity contribution in [2.45, 2.75) is 71.1 Å². The van der Waals surface area contributed by atoms with E-state index in [1.807, 2.05) is 30.3 Å². The first-order chi connectivity index (χ1) is 9.84. The SMILES string of the molecule is CCCCCCCCCCCCN(O)c1ccccc1. The summed E-state index contributed by atoms with van der Waals surface area (Å²) in [6, 6.07) is 9.76. The lowest BCUT2D eigenvalue weighted by Crippen LogP contribution is -2.19. The van der Waals surface area contributed by atoms with Gasteiger partial charge in [-0.25, -0.2) is 0 Å². The summed E-state index contributed by atoms with van der Waals surface area (Å²) in [4.78, 5) is 0. The third kappa shape index (κ3) is 8.21. The van der Waals surface area contributed by atoms with Crippen LogP contribution in [0.25, 0.3) is 0 Å². The summed E-state index contributed by atoms with van der Waals surface area (Å²) < 4.78 is 0. The van der Waals surface area contributed by atoms with Crippen molar-refractivity contribution in [3.63, 3.8) is 0 Å². The fourth-order valence-electron chi connectivity index (χ4n) is 2.48. The van der Waals surface area contributed by atoms with E-state index in [4.69, 9.17) is 0 Å². The average Bonchev–Trinajstić information content (AvgIpc) is 2.50. The zero-order valence-corrected chi connectivity index (χ0v) is 13.1. The monoisotopic (exact) mass is 277 g/mol. The van der Waals surface area contributed by atoms with Gasteiger partial charge in [0.2, 0.25) is 0 Å². The van der Waals surface area contributed by atoms with Gasteiger partial charge in [-0.3, -0.25) is 10.3 Å². The molecule has 0 aliphatic rings. The zero-order valence-electron chi connectivity index (χ0n) is 13.1. The highest BCUT2D eigenvalue weighted by Crippen LogP contribution is 2.13. The lowest BCUT2D eigenvalue weighted by Gasteiger charge is -2.16. The number of hydroxylamine groups is 1. The van der Waals surface area contributed by atoms with Crippen LogP contribution < -0.4 is 5.06 Å². The standard InChI is InChI=1S/C18H31NO/c1-2-3-4-5-6-7-8-9-10-14-17-19(20)18-15-12-11-13-16-18/h11-13,15-16,20H,2-10,14,17H2,1H3. The number of hydrogen-bond acceptors (Lipinski definition) is 2. The lowest BCUT2D eigenvalue weighted by molar-refractivity contribution is 0.251. The van der Waals surface area contributed by atoms with E-state index in [0.717, 1.165) is 18.7 Å². The molecule has 2 nitrogen and oxygen atoms in total. The van der Waals surface area contributed by atoms with Gasteiger partial charge in [-0.1, -0.05) is 82.9 Å². The van der Waals surface area contributed by atoms with Crippen LogP contribution in [-0.4, -0.2) is 11.8 Å². The second kappa shape index (κ2) is 11.8. The second-order valence-corrected chi connectivity index (χ2v) is 5.64. The highest BCUT2D eigenvalue weighted by atomic mass is 16.5. The molecule has 0 fully saturated rings. The number of hydrogen-bond donors (Lipinski definition) is 1. The van der Waals surface area contributed by atoms with Crippen LogP contribution in [0.4, 0.5) is 5.69 Å². The van der Waals surface area contributed by atoms with Crippen molar-refractivity contribution in [3.8, 4) is 0 Å². The topological polar surface area (TPSA) is 23.5 Å². The predicted octanol–water partition coefficient (Wildman–Crippen LogP) is 5.80. The summed E-state index contributed by atoms with van der Waals surface area (Å²) in [5, 5.41) is 11.2. The average molecular weight is 277 g/mol. The first kappa shape index (κ1) is 17.0. The van der Waals surface area contributed by atoms with Crippen LogP contribution in [0, 0.1) is 0 Å². The highest BCUT2D eigenvalue weighted by molar-refractivity contribution is 5.42. The minimum Gasteiger partial charge on any atom is -0.288 e. The minimum atomic E-state index is 0.737. The number of unbranched alkanes of at least 4 members (excludes halogenated alkanes) is 9. The van der Waals surface area contributed by atoms with E-state index in [1.54, 1.807) is 0 Å². The molecule has 0 aliphatic heterocycles. The molecular weight excluding hydrogens is 246 g/mol. The summed E-state index contributed by atoms with van der Waals surface area (Å²) in [5.74, 6) is 0. The van der Waals surface area contributed by atoms with Gasteiger partial charge in [0.05, 0.1) is 5.69 Å². The van der Waals surface area contributed by atoms with Gasteiger partial charge in [-0.05, 0) is 18.6 Å². The van der Waals surface area contributed by atoms with Gasteiger partial charge < -0.3 is 0 Å². The summed E-state index contributed by atoms with van der Waals surface area (Å²) in [6.07, 6.45) is 13.3. The van der Waals surface area contributed by atoms with E-state index in [1.165, 1.54) is 62.9 Å². The molecule has 20 heavy (non-hydrogen) atoms. The molecule has 1 aromatic carbocycles. The first-order valence-corrected chi connectivity index (χ1v) is 8.36. The van der Waals surface area contributed by atoms with Crippen LogP contribution in [0.3, 0.4) is 0 Å². The van der Waals surface area contributed by atoms with Crippen LogP contribution in [0.1, 0.15) is 71.1 Å². The number of rotatable bonds is 12. The zero-order chi connectivity index (χ0) is 14.5. The lowest BCUT2D eigenvalue weighted by atomic mass is 10.1. The van der Waals surface area contributed by atoms with E-state index in [2.05, 4.69) is 6.92 Å². The van der Waals surface area contributed by atoms with Crippen molar-refractivity contribution < 1.29 is 5.21 Å². The second-order valence-electron chi connectivity index (χ2n) is 5.64. The van der Waals surface area contributed by atoms with E-state index in [0.29, 0.717) is 0 Å². The van der Waals surface area contributed by atoms with Crippen LogP contribution in [0.15, 0.2) is 30.3 Å². The van der Waals surface area contributed by atoms with Gasteiger partial charge in [-0.15, -0.1) is 0 Å². The van der Waals surface area contributed by atoms with Crippen LogP contribution >= 0.6 is 0 Å². The Bertz CT molecular complexity index is 312. The molecule has 0 amide bonds. The van der Waals surface area contributed by atoms with Crippen molar-refractivity contribution in [2.24, 2.45) is 0 Å². The molecule has 0 saturated carbocycles. The molecule has 2 heteroatoms. The van der Waals surface area contributed by atoms with Gasteiger partial charge in [0.15, 0.2) is 0 Å². The Morgan fingerprint density at radius 3 is 1.80 bits per heavy atom. The molecule has 0 aromatic heterocycles. The molecular formula is C18H31NO. The normalized spacial score (nSPS) is 10.7. The smallest absolute Gasteiger partial charge is 0.0634 e. The van der Waals surface area contributed by atoms with Crippen molar-refractivity contribution in [3.05, 3.63) is 30.3 Å².